The molecule has 0 aliphatic heterocycles. The second kappa shape index (κ2) is 4.76. The number of hydrogen-bond donors (Lipinski definition) is 2. The smallest absolute Gasteiger partial charge is 0.0521 e. The first-order valence-corrected chi connectivity index (χ1v) is 6.70. The van der Waals surface area contributed by atoms with Crippen LogP contribution in [0, 0.1) is 5.92 Å². The van der Waals surface area contributed by atoms with Crippen LogP contribution < -0.4 is 11.1 Å². The van der Waals surface area contributed by atoms with Crippen LogP contribution in [0.1, 0.15) is 26.2 Å². The fourth-order valence-corrected chi connectivity index (χ4v) is 3.00. The van der Waals surface area contributed by atoms with E-state index < -0.39 is 0 Å². The predicted octanol–water partition coefficient (Wildman–Crippen LogP) is 3.38. The third-order valence-corrected chi connectivity index (χ3v) is 4.52. The molecule has 0 bridgehead atoms. The summed E-state index contributed by atoms with van der Waals surface area (Å²) in [5.41, 5.74) is 7.22. The van der Waals surface area contributed by atoms with Gasteiger partial charge in [0.1, 0.15) is 0 Å². The molecule has 0 aromatic heterocycles. The topological polar surface area (TPSA) is 38.0 Å². The standard InChI is InChI=1S/C13H19BrN2/c1-10-5-4-8-13(10,9-15)16-12-7-3-2-6-11(12)14/h2-3,6-7,10,16H,4-5,8-9,15H2,1H3. The quantitative estimate of drug-likeness (QED) is 0.892. The summed E-state index contributed by atoms with van der Waals surface area (Å²) in [7, 11) is 0. The summed E-state index contributed by atoms with van der Waals surface area (Å²) in [5.74, 6) is 0.643. The maximum atomic E-state index is 5.98. The molecule has 1 aliphatic rings. The minimum absolute atomic E-state index is 0.0872. The van der Waals surface area contributed by atoms with E-state index in [1.807, 2.05) is 6.07 Å². The van der Waals surface area contributed by atoms with Crippen LogP contribution in [0.25, 0.3) is 0 Å². The number of rotatable bonds is 3. The van der Waals surface area contributed by atoms with Crippen molar-refractivity contribution in [2.24, 2.45) is 11.7 Å². The molecule has 2 unspecified atom stereocenters. The van der Waals surface area contributed by atoms with E-state index in [9.17, 15) is 0 Å². The first-order valence-electron chi connectivity index (χ1n) is 5.91. The van der Waals surface area contributed by atoms with E-state index in [0.29, 0.717) is 12.5 Å². The third-order valence-electron chi connectivity index (χ3n) is 3.83. The maximum absolute atomic E-state index is 5.98. The van der Waals surface area contributed by atoms with Gasteiger partial charge < -0.3 is 11.1 Å². The van der Waals surface area contributed by atoms with Gasteiger partial charge in [0.15, 0.2) is 0 Å². The average Bonchev–Trinajstić information content (AvgIpc) is 2.64. The maximum Gasteiger partial charge on any atom is 0.0521 e. The van der Waals surface area contributed by atoms with Crippen molar-refractivity contribution >= 4 is 21.6 Å². The number of hydrogen-bond acceptors (Lipinski definition) is 2. The van der Waals surface area contributed by atoms with Gasteiger partial charge in [0.05, 0.1) is 5.54 Å². The molecule has 1 aromatic rings. The van der Waals surface area contributed by atoms with Crippen LogP contribution in [0.5, 0.6) is 0 Å². The Morgan fingerprint density at radius 2 is 2.25 bits per heavy atom. The Balaban J connectivity index is 2.22. The van der Waals surface area contributed by atoms with Crippen LogP contribution >= 0.6 is 15.9 Å². The third kappa shape index (κ3) is 2.11. The second-order valence-electron chi connectivity index (χ2n) is 4.76. The number of nitrogens with one attached hydrogen (secondary N) is 1. The van der Waals surface area contributed by atoms with Gasteiger partial charge in [0, 0.05) is 16.7 Å². The molecule has 3 heteroatoms. The number of para-hydroxylation sites is 1. The monoisotopic (exact) mass is 282 g/mol. The van der Waals surface area contributed by atoms with Crippen LogP contribution in [0.15, 0.2) is 28.7 Å². The Labute approximate surface area is 106 Å². The largest absolute Gasteiger partial charge is 0.377 e. The highest BCUT2D eigenvalue weighted by molar-refractivity contribution is 9.10. The van der Waals surface area contributed by atoms with Gasteiger partial charge in [0.25, 0.3) is 0 Å². The van der Waals surface area contributed by atoms with Crippen molar-refractivity contribution in [2.45, 2.75) is 31.7 Å². The predicted molar refractivity (Wildman–Crippen MR) is 72.6 cm³/mol. The highest BCUT2D eigenvalue weighted by atomic mass is 79.9. The molecule has 0 spiro atoms. The van der Waals surface area contributed by atoms with E-state index in [-0.39, 0.29) is 5.54 Å². The van der Waals surface area contributed by atoms with Gasteiger partial charge in [0.2, 0.25) is 0 Å². The van der Waals surface area contributed by atoms with Gasteiger partial charge in [-0.2, -0.15) is 0 Å². The molecule has 0 amide bonds. The van der Waals surface area contributed by atoms with Crippen molar-refractivity contribution in [1.82, 2.24) is 0 Å². The fraction of sp³-hybridized carbons (Fsp3) is 0.538. The van der Waals surface area contributed by atoms with Gasteiger partial charge >= 0.3 is 0 Å². The minimum atomic E-state index is 0.0872. The highest BCUT2D eigenvalue weighted by Gasteiger charge is 2.39. The summed E-state index contributed by atoms with van der Waals surface area (Å²) in [6.07, 6.45) is 3.72. The summed E-state index contributed by atoms with van der Waals surface area (Å²) in [6, 6.07) is 8.25. The van der Waals surface area contributed by atoms with Crippen molar-refractivity contribution in [3.05, 3.63) is 28.7 Å². The lowest BCUT2D eigenvalue weighted by molar-refractivity contribution is 0.381. The van der Waals surface area contributed by atoms with Gasteiger partial charge in [-0.05, 0) is 46.8 Å². The minimum Gasteiger partial charge on any atom is -0.377 e. The molecule has 0 saturated heterocycles. The molecule has 1 fully saturated rings. The van der Waals surface area contributed by atoms with Crippen molar-refractivity contribution in [3.8, 4) is 0 Å². The Hall–Kier alpha value is -0.540. The Bertz CT molecular complexity index is 367. The molecule has 1 aliphatic carbocycles. The van der Waals surface area contributed by atoms with Crippen molar-refractivity contribution in [1.29, 1.82) is 0 Å². The first kappa shape index (κ1) is 11.9. The van der Waals surface area contributed by atoms with E-state index in [0.717, 1.165) is 10.2 Å². The van der Waals surface area contributed by atoms with Crippen LogP contribution in [0.4, 0.5) is 5.69 Å². The van der Waals surface area contributed by atoms with Gasteiger partial charge in [-0.3, -0.25) is 0 Å². The summed E-state index contributed by atoms with van der Waals surface area (Å²) in [4.78, 5) is 0. The van der Waals surface area contributed by atoms with Gasteiger partial charge in [-0.15, -0.1) is 0 Å². The zero-order chi connectivity index (χ0) is 11.6. The van der Waals surface area contributed by atoms with E-state index in [4.69, 9.17) is 5.73 Å². The van der Waals surface area contributed by atoms with Crippen LogP contribution in [0.2, 0.25) is 0 Å². The summed E-state index contributed by atoms with van der Waals surface area (Å²) in [6.45, 7) is 3.00. The average molecular weight is 283 g/mol. The molecular weight excluding hydrogens is 264 g/mol. The molecule has 2 atom stereocenters. The van der Waals surface area contributed by atoms with Gasteiger partial charge in [-0.25, -0.2) is 0 Å². The van der Waals surface area contributed by atoms with Crippen LogP contribution in [-0.4, -0.2) is 12.1 Å². The lowest BCUT2D eigenvalue weighted by atomic mass is 9.88. The van der Waals surface area contributed by atoms with E-state index >= 15 is 0 Å². The number of nitrogens with two attached hydrogens (primary N) is 1. The lowest BCUT2D eigenvalue weighted by Gasteiger charge is -2.35. The molecule has 0 radical (unpaired) electrons. The first-order chi connectivity index (χ1) is 7.68. The zero-order valence-corrected chi connectivity index (χ0v) is 11.3. The van der Waals surface area contributed by atoms with E-state index in [2.05, 4.69) is 46.4 Å². The summed E-state index contributed by atoms with van der Waals surface area (Å²) < 4.78 is 1.11. The fourth-order valence-electron chi connectivity index (χ4n) is 2.62. The van der Waals surface area contributed by atoms with Gasteiger partial charge in [-0.1, -0.05) is 25.5 Å². The van der Waals surface area contributed by atoms with E-state index in [1.165, 1.54) is 19.3 Å². The molecule has 3 N–H and O–H groups in total. The molecule has 16 heavy (non-hydrogen) atoms. The SMILES string of the molecule is CC1CCCC1(CN)Nc1ccccc1Br. The Morgan fingerprint density at radius 3 is 2.81 bits per heavy atom. The highest BCUT2D eigenvalue weighted by Crippen LogP contribution is 2.38. The van der Waals surface area contributed by atoms with E-state index in [1.54, 1.807) is 0 Å². The normalized spacial score (nSPS) is 29.3. The Morgan fingerprint density at radius 1 is 1.50 bits per heavy atom. The van der Waals surface area contributed by atoms with Crippen molar-refractivity contribution in [3.63, 3.8) is 0 Å². The number of benzene rings is 1. The molecule has 2 rings (SSSR count). The van der Waals surface area contributed by atoms with Crippen molar-refractivity contribution in [2.75, 3.05) is 11.9 Å². The number of anilines is 1. The zero-order valence-electron chi connectivity index (χ0n) is 9.67. The summed E-state index contributed by atoms with van der Waals surface area (Å²) >= 11 is 3.57. The van der Waals surface area contributed by atoms with Crippen LogP contribution in [-0.2, 0) is 0 Å². The molecule has 1 saturated carbocycles. The Kier molecular flexibility index (Phi) is 3.55. The molecule has 88 valence electrons. The summed E-state index contributed by atoms with van der Waals surface area (Å²) in [5, 5.41) is 3.65. The molecular formula is C13H19BrN2. The second-order valence-corrected chi connectivity index (χ2v) is 5.61. The molecule has 2 nitrogen and oxygen atoms in total. The number of halogens is 1. The molecule has 1 aromatic carbocycles. The van der Waals surface area contributed by atoms with Crippen LogP contribution in [0.3, 0.4) is 0 Å². The van der Waals surface area contributed by atoms with Crippen molar-refractivity contribution < 1.29 is 0 Å². The molecule has 0 heterocycles. The lowest BCUT2D eigenvalue weighted by Crippen LogP contribution is -2.47.